The summed E-state index contributed by atoms with van der Waals surface area (Å²) in [5.41, 5.74) is 5.44. The van der Waals surface area contributed by atoms with Gasteiger partial charge in [0, 0.05) is 19.0 Å². The van der Waals surface area contributed by atoms with Crippen LogP contribution >= 0.6 is 12.2 Å². The molecule has 0 aromatic carbocycles. The van der Waals surface area contributed by atoms with Crippen LogP contribution in [0.5, 0.6) is 0 Å². The van der Waals surface area contributed by atoms with Crippen molar-refractivity contribution in [3.8, 4) is 0 Å². The van der Waals surface area contributed by atoms with E-state index >= 15 is 0 Å². The molecule has 0 amide bonds. The Hall–Kier alpha value is -0.680. The molecule has 0 heterocycles. The van der Waals surface area contributed by atoms with Crippen LogP contribution in [0.4, 0.5) is 0 Å². The minimum atomic E-state index is -0.202. The fourth-order valence-electron chi connectivity index (χ4n) is 1.24. The van der Waals surface area contributed by atoms with Crippen LogP contribution < -0.4 is 5.73 Å². The molecule has 5 heteroatoms. The number of thiocarbonyl (C=S) groups is 1. The van der Waals surface area contributed by atoms with E-state index in [0.717, 1.165) is 0 Å². The Morgan fingerprint density at radius 3 is 2.31 bits per heavy atom. The number of hydrogen-bond donors (Lipinski definition) is 1. The third-order valence-corrected chi connectivity index (χ3v) is 2.28. The van der Waals surface area contributed by atoms with Gasteiger partial charge in [0.15, 0.2) is 0 Å². The van der Waals surface area contributed by atoms with Gasteiger partial charge in [0.25, 0.3) is 0 Å². The molecule has 2 N–H and O–H groups in total. The minimum absolute atomic E-state index is 0.0721. The molecule has 0 unspecified atom stereocenters. The second-order valence-electron chi connectivity index (χ2n) is 4.32. The van der Waals surface area contributed by atoms with Gasteiger partial charge in [0.05, 0.1) is 17.6 Å². The number of ether oxygens (including phenoxy) is 1. The molecule has 16 heavy (non-hydrogen) atoms. The van der Waals surface area contributed by atoms with E-state index in [1.54, 1.807) is 0 Å². The van der Waals surface area contributed by atoms with Crippen LogP contribution in [-0.4, -0.2) is 41.1 Å². The van der Waals surface area contributed by atoms with Crippen molar-refractivity contribution in [2.45, 2.75) is 46.3 Å². The molecule has 0 saturated carbocycles. The van der Waals surface area contributed by atoms with Crippen molar-refractivity contribution in [2.24, 2.45) is 5.73 Å². The molecule has 94 valence electrons. The van der Waals surface area contributed by atoms with Crippen LogP contribution in [0.15, 0.2) is 0 Å². The third kappa shape index (κ3) is 7.59. The summed E-state index contributed by atoms with van der Waals surface area (Å²) in [7, 11) is 0. The quantitative estimate of drug-likeness (QED) is 0.542. The van der Waals surface area contributed by atoms with E-state index in [1.807, 2.05) is 32.6 Å². The van der Waals surface area contributed by atoms with Crippen LogP contribution in [0, 0.1) is 0 Å². The minimum Gasteiger partial charge on any atom is -0.462 e. The fraction of sp³-hybridized carbons (Fsp3) is 0.818. The molecule has 0 aliphatic carbocycles. The van der Waals surface area contributed by atoms with Crippen molar-refractivity contribution < 1.29 is 9.53 Å². The van der Waals surface area contributed by atoms with Crippen molar-refractivity contribution in [1.82, 2.24) is 4.90 Å². The van der Waals surface area contributed by atoms with E-state index in [1.165, 1.54) is 0 Å². The highest BCUT2D eigenvalue weighted by Crippen LogP contribution is 2.01. The van der Waals surface area contributed by atoms with Gasteiger partial charge in [-0.25, -0.2) is 0 Å². The summed E-state index contributed by atoms with van der Waals surface area (Å²) in [5.74, 6) is -0.202. The lowest BCUT2D eigenvalue weighted by Gasteiger charge is -2.25. The Labute approximate surface area is 103 Å². The Kier molecular flexibility index (Phi) is 7.25. The normalized spacial score (nSPS) is 11.2. The van der Waals surface area contributed by atoms with Crippen molar-refractivity contribution in [3.05, 3.63) is 0 Å². The molecular formula is C11H22N2O2S. The fourth-order valence-corrected chi connectivity index (χ4v) is 1.33. The highest BCUT2D eigenvalue weighted by molar-refractivity contribution is 7.80. The van der Waals surface area contributed by atoms with E-state index in [-0.39, 0.29) is 18.1 Å². The first-order valence-corrected chi connectivity index (χ1v) is 5.95. The number of carbonyl (C=O) groups is 1. The topological polar surface area (TPSA) is 55.6 Å². The lowest BCUT2D eigenvalue weighted by Crippen LogP contribution is -2.38. The maximum absolute atomic E-state index is 11.5. The molecule has 0 radical (unpaired) electrons. The van der Waals surface area contributed by atoms with Crippen LogP contribution in [-0.2, 0) is 9.53 Å². The van der Waals surface area contributed by atoms with Gasteiger partial charge in [-0.3, -0.25) is 9.69 Å². The predicted molar refractivity (Wildman–Crippen MR) is 69.3 cm³/mol. The van der Waals surface area contributed by atoms with Gasteiger partial charge in [-0.15, -0.1) is 0 Å². The third-order valence-electron chi connectivity index (χ3n) is 2.08. The summed E-state index contributed by atoms with van der Waals surface area (Å²) in [5, 5.41) is 0. The number of esters is 1. The molecule has 4 nitrogen and oxygen atoms in total. The standard InChI is InChI=1S/C11H22N2O2S/c1-8(2)13(6-5-10(12)16)7-11(14)15-9(3)4/h8-9H,5-7H2,1-4H3,(H2,12,16). The highest BCUT2D eigenvalue weighted by Gasteiger charge is 2.15. The molecule has 0 aromatic rings. The molecule has 0 rings (SSSR count). The number of nitrogens with two attached hydrogens (primary N) is 1. The van der Waals surface area contributed by atoms with Crippen molar-refractivity contribution >= 4 is 23.2 Å². The average Bonchev–Trinajstić information content (AvgIpc) is 2.09. The van der Waals surface area contributed by atoms with E-state index < -0.39 is 0 Å². The van der Waals surface area contributed by atoms with Crippen molar-refractivity contribution in [1.29, 1.82) is 0 Å². The maximum Gasteiger partial charge on any atom is 0.320 e. The lowest BCUT2D eigenvalue weighted by molar-refractivity contribution is -0.149. The second-order valence-corrected chi connectivity index (χ2v) is 4.84. The lowest BCUT2D eigenvalue weighted by atomic mass is 10.3. The molecule has 0 aromatic heterocycles. The SMILES string of the molecule is CC(C)OC(=O)CN(CCC(N)=S)C(C)C. The summed E-state index contributed by atoms with van der Waals surface area (Å²) in [6, 6.07) is 0.272. The van der Waals surface area contributed by atoms with Gasteiger partial charge >= 0.3 is 5.97 Å². The molecule has 0 aliphatic heterocycles. The van der Waals surface area contributed by atoms with Gasteiger partial charge in [0.1, 0.15) is 0 Å². The summed E-state index contributed by atoms with van der Waals surface area (Å²) in [6.07, 6.45) is 0.555. The van der Waals surface area contributed by atoms with Crippen LogP contribution in [0.3, 0.4) is 0 Å². The summed E-state index contributed by atoms with van der Waals surface area (Å²) < 4.78 is 5.09. The van der Waals surface area contributed by atoms with Crippen LogP contribution in [0.25, 0.3) is 0 Å². The Bertz CT molecular complexity index is 242. The molecule has 0 fully saturated rings. The Balaban J connectivity index is 4.12. The molecular weight excluding hydrogens is 224 g/mol. The molecule has 0 aliphatic rings. The first-order valence-electron chi connectivity index (χ1n) is 5.54. The zero-order valence-corrected chi connectivity index (χ0v) is 11.3. The zero-order chi connectivity index (χ0) is 12.7. The first-order chi connectivity index (χ1) is 7.32. The zero-order valence-electron chi connectivity index (χ0n) is 10.5. The van der Waals surface area contributed by atoms with E-state index in [4.69, 9.17) is 22.7 Å². The molecule has 0 atom stereocenters. The largest absolute Gasteiger partial charge is 0.462 e. The van der Waals surface area contributed by atoms with Crippen molar-refractivity contribution in [2.75, 3.05) is 13.1 Å². The second kappa shape index (κ2) is 7.57. The molecule has 0 bridgehead atoms. The van der Waals surface area contributed by atoms with Gasteiger partial charge in [0.2, 0.25) is 0 Å². The van der Waals surface area contributed by atoms with Gasteiger partial charge in [-0.2, -0.15) is 0 Å². The summed E-state index contributed by atoms with van der Waals surface area (Å²) in [4.78, 5) is 14.0. The van der Waals surface area contributed by atoms with Crippen LogP contribution in [0.1, 0.15) is 34.1 Å². The van der Waals surface area contributed by atoms with Crippen LogP contribution in [0.2, 0.25) is 0 Å². The Morgan fingerprint density at radius 1 is 1.38 bits per heavy atom. The monoisotopic (exact) mass is 246 g/mol. The number of hydrogen-bond acceptors (Lipinski definition) is 4. The number of nitrogens with zero attached hydrogens (tertiary/aromatic N) is 1. The Morgan fingerprint density at radius 2 is 1.94 bits per heavy atom. The predicted octanol–water partition coefficient (Wildman–Crippen LogP) is 1.32. The summed E-state index contributed by atoms with van der Waals surface area (Å²) >= 11 is 4.82. The number of carbonyl (C=O) groups excluding carboxylic acids is 1. The van der Waals surface area contributed by atoms with E-state index in [0.29, 0.717) is 24.5 Å². The first kappa shape index (κ1) is 15.3. The van der Waals surface area contributed by atoms with Crippen molar-refractivity contribution in [3.63, 3.8) is 0 Å². The molecule has 0 saturated heterocycles. The number of rotatable bonds is 7. The summed E-state index contributed by atoms with van der Waals surface area (Å²) in [6.45, 7) is 8.72. The smallest absolute Gasteiger partial charge is 0.320 e. The van der Waals surface area contributed by atoms with E-state index in [9.17, 15) is 4.79 Å². The van der Waals surface area contributed by atoms with Gasteiger partial charge < -0.3 is 10.5 Å². The molecule has 0 spiro atoms. The average molecular weight is 246 g/mol. The van der Waals surface area contributed by atoms with Gasteiger partial charge in [-0.1, -0.05) is 12.2 Å². The highest BCUT2D eigenvalue weighted by atomic mass is 32.1. The maximum atomic E-state index is 11.5. The van der Waals surface area contributed by atoms with Gasteiger partial charge in [-0.05, 0) is 27.7 Å². The van der Waals surface area contributed by atoms with E-state index in [2.05, 4.69) is 0 Å².